The van der Waals surface area contributed by atoms with Crippen molar-refractivity contribution in [1.82, 2.24) is 14.3 Å². The Hall–Kier alpha value is -2.84. The van der Waals surface area contributed by atoms with Crippen LogP contribution in [-0.4, -0.2) is 23.8 Å². The smallest absolute Gasteiger partial charge is 0.241 e. The molecule has 0 radical (unpaired) electrons. The number of carbonyl (C=O) groups excluding carboxylic acids is 1. The van der Waals surface area contributed by atoms with Crippen LogP contribution in [-0.2, 0) is 17.1 Å². The summed E-state index contributed by atoms with van der Waals surface area (Å²) in [6, 6.07) is 10.4. The van der Waals surface area contributed by atoms with Crippen molar-refractivity contribution in [2.24, 2.45) is 7.05 Å². The second-order valence-corrected chi connectivity index (χ2v) is 7.80. The zero-order valence-corrected chi connectivity index (χ0v) is 15.6. The van der Waals surface area contributed by atoms with Crippen molar-refractivity contribution in [1.29, 1.82) is 0 Å². The topological polar surface area (TPSA) is 81.1 Å². The van der Waals surface area contributed by atoms with Gasteiger partial charge in [0.15, 0.2) is 5.78 Å². The summed E-state index contributed by atoms with van der Waals surface area (Å²) in [6.45, 7) is 1.41. The molecule has 1 aromatic heterocycles. The molecule has 0 fully saturated rings. The zero-order valence-electron chi connectivity index (χ0n) is 14.8. The highest BCUT2D eigenvalue weighted by Gasteiger charge is 2.25. The van der Waals surface area contributed by atoms with Gasteiger partial charge in [0.25, 0.3) is 0 Å². The Balaban J connectivity index is 1.99. The van der Waals surface area contributed by atoms with Crippen molar-refractivity contribution in [3.63, 3.8) is 0 Å². The van der Waals surface area contributed by atoms with Crippen LogP contribution in [0.1, 0.15) is 34.7 Å². The van der Waals surface area contributed by atoms with Crippen molar-refractivity contribution in [2.75, 3.05) is 0 Å². The zero-order chi connectivity index (χ0) is 19.6. The maximum Gasteiger partial charge on any atom is 0.241 e. The quantitative estimate of drug-likeness (QED) is 0.660. The highest BCUT2D eigenvalue weighted by Crippen LogP contribution is 2.24. The van der Waals surface area contributed by atoms with E-state index in [1.807, 2.05) is 0 Å². The summed E-state index contributed by atoms with van der Waals surface area (Å²) >= 11 is 0. The normalized spacial score (nSPS) is 12.7. The average Bonchev–Trinajstić information content (AvgIpc) is 3.06. The lowest BCUT2D eigenvalue weighted by atomic mass is 10.1. The first-order chi connectivity index (χ1) is 12.8. The molecule has 1 heterocycles. The number of Topliss-reactive ketones (excluding diaryl/α,β-unsaturated/α-hetero) is 1. The summed E-state index contributed by atoms with van der Waals surface area (Å²) in [5.74, 6) is -0.102. The molecule has 0 saturated carbocycles. The van der Waals surface area contributed by atoms with Crippen LogP contribution >= 0.6 is 0 Å². The van der Waals surface area contributed by atoms with Crippen molar-refractivity contribution in [3.8, 4) is 0 Å². The molecule has 2 aromatic carbocycles. The van der Waals surface area contributed by atoms with Gasteiger partial charge in [-0.25, -0.2) is 17.8 Å². The first-order valence-electron chi connectivity index (χ1n) is 8.14. The number of rotatable bonds is 6. The number of carbonyl (C=O) groups is 1. The average molecular weight is 387 g/mol. The predicted octanol–water partition coefficient (Wildman–Crippen LogP) is 2.83. The first-order valence-corrected chi connectivity index (χ1v) is 9.62. The fraction of sp³-hybridized carbons (Fsp3) is 0.158. The molecule has 0 aliphatic carbocycles. The third kappa shape index (κ3) is 4.12. The SMILES string of the molecule is CC(=O)c1ccc(S(=O)(=O)NC(c2ccc(F)cc2)c2nccn2C)cc1. The van der Waals surface area contributed by atoms with Gasteiger partial charge in [-0.3, -0.25) is 4.79 Å². The summed E-state index contributed by atoms with van der Waals surface area (Å²) in [4.78, 5) is 15.6. The minimum Gasteiger partial charge on any atom is -0.336 e. The van der Waals surface area contributed by atoms with Gasteiger partial charge >= 0.3 is 0 Å². The van der Waals surface area contributed by atoms with E-state index < -0.39 is 21.9 Å². The molecule has 0 aliphatic rings. The lowest BCUT2D eigenvalue weighted by Crippen LogP contribution is -2.31. The maximum absolute atomic E-state index is 13.3. The molecule has 1 N–H and O–H groups in total. The Morgan fingerprint density at radius 2 is 1.74 bits per heavy atom. The predicted molar refractivity (Wildman–Crippen MR) is 98.2 cm³/mol. The van der Waals surface area contributed by atoms with Crippen molar-refractivity contribution < 1.29 is 17.6 Å². The third-order valence-electron chi connectivity index (χ3n) is 4.16. The van der Waals surface area contributed by atoms with E-state index in [0.29, 0.717) is 17.0 Å². The minimum atomic E-state index is -3.91. The van der Waals surface area contributed by atoms with Crippen molar-refractivity contribution in [2.45, 2.75) is 17.9 Å². The van der Waals surface area contributed by atoms with Crippen LogP contribution in [0.2, 0.25) is 0 Å². The number of sulfonamides is 1. The first kappa shape index (κ1) is 18.9. The van der Waals surface area contributed by atoms with Gasteiger partial charge in [-0.05, 0) is 36.8 Å². The second kappa shape index (κ2) is 7.42. The number of ketones is 1. The Bertz CT molecular complexity index is 1060. The molecule has 140 valence electrons. The number of nitrogens with one attached hydrogen (secondary N) is 1. The molecule has 1 atom stereocenters. The summed E-state index contributed by atoms with van der Waals surface area (Å²) in [5.41, 5.74) is 0.975. The van der Waals surface area contributed by atoms with Crippen LogP contribution in [0.4, 0.5) is 4.39 Å². The van der Waals surface area contributed by atoms with Gasteiger partial charge in [-0.2, -0.15) is 4.72 Å². The van der Waals surface area contributed by atoms with Crippen molar-refractivity contribution >= 4 is 15.8 Å². The number of halogens is 1. The molecule has 0 aliphatic heterocycles. The van der Waals surface area contributed by atoms with Gasteiger partial charge < -0.3 is 4.57 Å². The number of aromatic nitrogens is 2. The monoisotopic (exact) mass is 387 g/mol. The van der Waals surface area contributed by atoms with E-state index in [9.17, 15) is 17.6 Å². The van der Waals surface area contributed by atoms with E-state index in [1.165, 1.54) is 55.5 Å². The molecule has 3 aromatic rings. The van der Waals surface area contributed by atoms with Gasteiger partial charge in [0.1, 0.15) is 17.7 Å². The fourth-order valence-electron chi connectivity index (χ4n) is 2.67. The molecule has 27 heavy (non-hydrogen) atoms. The van der Waals surface area contributed by atoms with Crippen LogP contribution in [0.5, 0.6) is 0 Å². The van der Waals surface area contributed by atoms with Crippen LogP contribution in [0.25, 0.3) is 0 Å². The Labute approximate surface area is 156 Å². The van der Waals surface area contributed by atoms with Crippen LogP contribution < -0.4 is 4.72 Å². The number of benzene rings is 2. The van der Waals surface area contributed by atoms with Gasteiger partial charge in [0.05, 0.1) is 4.90 Å². The lowest BCUT2D eigenvalue weighted by Gasteiger charge is -2.19. The summed E-state index contributed by atoms with van der Waals surface area (Å²) in [7, 11) is -2.17. The number of imidazole rings is 1. The highest BCUT2D eigenvalue weighted by molar-refractivity contribution is 7.89. The van der Waals surface area contributed by atoms with Gasteiger partial charge in [-0.15, -0.1) is 0 Å². The molecule has 0 saturated heterocycles. The van der Waals surface area contributed by atoms with Crippen LogP contribution in [0.3, 0.4) is 0 Å². The molecule has 0 amide bonds. The fourth-order valence-corrected chi connectivity index (χ4v) is 3.85. The van der Waals surface area contributed by atoms with E-state index in [2.05, 4.69) is 9.71 Å². The number of aryl methyl sites for hydroxylation is 1. The Morgan fingerprint density at radius 1 is 1.11 bits per heavy atom. The number of nitrogens with zero attached hydrogens (tertiary/aromatic N) is 2. The molecule has 0 spiro atoms. The molecular formula is C19H18FN3O3S. The van der Waals surface area contributed by atoms with Gasteiger partial charge in [0.2, 0.25) is 10.0 Å². The molecule has 3 rings (SSSR count). The molecule has 8 heteroatoms. The Morgan fingerprint density at radius 3 is 2.26 bits per heavy atom. The summed E-state index contributed by atoms with van der Waals surface area (Å²) in [6.07, 6.45) is 3.25. The lowest BCUT2D eigenvalue weighted by molar-refractivity contribution is 0.101. The number of hydrogen-bond acceptors (Lipinski definition) is 4. The molecule has 6 nitrogen and oxygen atoms in total. The second-order valence-electron chi connectivity index (χ2n) is 6.08. The van der Waals surface area contributed by atoms with Gasteiger partial charge in [0, 0.05) is 25.0 Å². The van der Waals surface area contributed by atoms with E-state index in [4.69, 9.17) is 0 Å². The minimum absolute atomic E-state index is 0.0221. The van der Waals surface area contributed by atoms with E-state index in [-0.39, 0.29) is 10.7 Å². The number of hydrogen-bond donors (Lipinski definition) is 1. The summed E-state index contributed by atoms with van der Waals surface area (Å²) < 4.78 is 43.3. The molecule has 0 bridgehead atoms. The van der Waals surface area contributed by atoms with E-state index >= 15 is 0 Å². The van der Waals surface area contributed by atoms with E-state index in [0.717, 1.165) is 0 Å². The van der Waals surface area contributed by atoms with Gasteiger partial charge in [-0.1, -0.05) is 24.3 Å². The van der Waals surface area contributed by atoms with Crippen LogP contribution in [0, 0.1) is 5.82 Å². The Kier molecular flexibility index (Phi) is 5.20. The van der Waals surface area contributed by atoms with Crippen LogP contribution in [0.15, 0.2) is 65.8 Å². The van der Waals surface area contributed by atoms with E-state index in [1.54, 1.807) is 24.0 Å². The van der Waals surface area contributed by atoms with Crippen molar-refractivity contribution in [3.05, 3.63) is 83.7 Å². The molecular weight excluding hydrogens is 369 g/mol. The largest absolute Gasteiger partial charge is 0.336 e. The standard InChI is InChI=1S/C19H18FN3O3S/c1-13(24)14-5-9-17(10-6-14)27(25,26)22-18(19-21-11-12-23(19)2)15-3-7-16(20)8-4-15/h3-12,18,22H,1-2H3. The maximum atomic E-state index is 13.3. The third-order valence-corrected chi connectivity index (χ3v) is 5.60. The summed E-state index contributed by atoms with van der Waals surface area (Å²) in [5, 5.41) is 0. The highest BCUT2D eigenvalue weighted by atomic mass is 32.2. The molecule has 1 unspecified atom stereocenters.